The van der Waals surface area contributed by atoms with Gasteiger partial charge in [-0.2, -0.15) is 5.10 Å². The van der Waals surface area contributed by atoms with Crippen LogP contribution in [0.2, 0.25) is 0 Å². The molecule has 0 aliphatic rings. The van der Waals surface area contributed by atoms with Crippen molar-refractivity contribution in [2.24, 2.45) is 12.8 Å². The molecule has 0 spiro atoms. The number of anilines is 1. The van der Waals surface area contributed by atoms with Crippen LogP contribution in [0.15, 0.2) is 24.4 Å². The summed E-state index contributed by atoms with van der Waals surface area (Å²) < 4.78 is 1.78. The van der Waals surface area contributed by atoms with Crippen LogP contribution in [0, 0.1) is 0 Å². The molecule has 100 valence electrons. The predicted octanol–water partition coefficient (Wildman–Crippen LogP) is 0.942. The molecule has 6 heteroatoms. The van der Waals surface area contributed by atoms with Crippen molar-refractivity contribution in [3.05, 3.63) is 30.1 Å². The van der Waals surface area contributed by atoms with Crippen molar-refractivity contribution >= 4 is 11.7 Å². The van der Waals surface area contributed by atoms with Crippen LogP contribution in [0.3, 0.4) is 0 Å². The van der Waals surface area contributed by atoms with E-state index < -0.39 is 0 Å². The van der Waals surface area contributed by atoms with Gasteiger partial charge >= 0.3 is 0 Å². The molecule has 0 radical (unpaired) electrons. The molecule has 0 unspecified atom stereocenters. The Labute approximate surface area is 111 Å². The molecule has 3 N–H and O–H groups in total. The van der Waals surface area contributed by atoms with Crippen LogP contribution in [-0.2, 0) is 18.3 Å². The lowest BCUT2D eigenvalue weighted by molar-refractivity contribution is -0.118. The first kappa shape index (κ1) is 13.1. The number of rotatable bonds is 5. The Kier molecular flexibility index (Phi) is 3.79. The number of hydrogen-bond acceptors (Lipinski definition) is 4. The van der Waals surface area contributed by atoms with E-state index in [1.807, 2.05) is 32.3 Å². The number of aromatic nitrogens is 3. The van der Waals surface area contributed by atoms with Gasteiger partial charge in [-0.25, -0.2) is 4.98 Å². The summed E-state index contributed by atoms with van der Waals surface area (Å²) in [4.78, 5) is 15.0. The predicted molar refractivity (Wildman–Crippen MR) is 73.5 cm³/mol. The third-order valence-electron chi connectivity index (χ3n) is 2.92. The number of carbonyl (C=O) groups is 1. The molecule has 0 aliphatic heterocycles. The van der Waals surface area contributed by atoms with Gasteiger partial charge < -0.3 is 11.1 Å². The molecule has 2 heterocycles. The molecule has 2 rings (SSSR count). The minimum atomic E-state index is -0.302. The summed E-state index contributed by atoms with van der Waals surface area (Å²) in [5.41, 5.74) is 7.99. The summed E-state index contributed by atoms with van der Waals surface area (Å²) in [5, 5.41) is 7.43. The Morgan fingerprint density at radius 2 is 2.26 bits per heavy atom. The summed E-state index contributed by atoms with van der Waals surface area (Å²) in [5.74, 6) is 0.492. The molecule has 0 aromatic carbocycles. The lowest BCUT2D eigenvalue weighted by atomic mass is 10.1. The highest BCUT2D eigenvalue weighted by atomic mass is 16.1. The minimum absolute atomic E-state index is 0.302. The van der Waals surface area contributed by atoms with Crippen molar-refractivity contribution in [2.45, 2.75) is 12.8 Å². The standard InChI is InChI=1S/C13H17N5O/c1-15-13-7-9(5-6-16-13)11-8-10(18(2)17-11)3-4-12(14)19/h5-8H,3-4H2,1-2H3,(H2,14,19)(H,15,16). The van der Waals surface area contributed by atoms with Gasteiger partial charge in [0.15, 0.2) is 0 Å². The summed E-state index contributed by atoms with van der Waals surface area (Å²) in [6, 6.07) is 5.80. The summed E-state index contributed by atoms with van der Waals surface area (Å²) in [6.45, 7) is 0. The number of nitrogens with two attached hydrogens (primary N) is 1. The van der Waals surface area contributed by atoms with E-state index in [0.717, 1.165) is 22.8 Å². The number of hydrogen-bond donors (Lipinski definition) is 2. The van der Waals surface area contributed by atoms with Crippen molar-refractivity contribution in [1.82, 2.24) is 14.8 Å². The first-order valence-electron chi connectivity index (χ1n) is 6.05. The van der Waals surface area contributed by atoms with Gasteiger partial charge in [-0.05, 0) is 24.6 Å². The van der Waals surface area contributed by atoms with Gasteiger partial charge in [-0.15, -0.1) is 0 Å². The van der Waals surface area contributed by atoms with Crippen LogP contribution in [-0.4, -0.2) is 27.7 Å². The van der Waals surface area contributed by atoms with E-state index in [-0.39, 0.29) is 5.91 Å². The van der Waals surface area contributed by atoms with Crippen LogP contribution < -0.4 is 11.1 Å². The summed E-state index contributed by atoms with van der Waals surface area (Å²) >= 11 is 0. The van der Waals surface area contributed by atoms with Gasteiger partial charge in [0.05, 0.1) is 5.69 Å². The fraction of sp³-hybridized carbons (Fsp3) is 0.308. The maximum atomic E-state index is 10.8. The molecule has 0 saturated heterocycles. The van der Waals surface area contributed by atoms with Gasteiger partial charge in [-0.1, -0.05) is 0 Å². The lowest BCUT2D eigenvalue weighted by Crippen LogP contribution is -2.12. The highest BCUT2D eigenvalue weighted by molar-refractivity contribution is 5.74. The average Bonchev–Trinajstić information content (AvgIpc) is 2.78. The van der Waals surface area contributed by atoms with E-state index in [1.165, 1.54) is 0 Å². The van der Waals surface area contributed by atoms with Gasteiger partial charge in [0, 0.05) is 38.0 Å². The molecule has 2 aromatic heterocycles. The first-order valence-corrected chi connectivity index (χ1v) is 6.05. The Balaban J connectivity index is 2.25. The second kappa shape index (κ2) is 5.51. The fourth-order valence-electron chi connectivity index (χ4n) is 1.86. The SMILES string of the molecule is CNc1cc(-c2cc(CCC(N)=O)n(C)n2)ccn1. The van der Waals surface area contributed by atoms with Crippen LogP contribution in [0.25, 0.3) is 11.3 Å². The molecular weight excluding hydrogens is 242 g/mol. The molecule has 0 aliphatic carbocycles. The summed E-state index contributed by atoms with van der Waals surface area (Å²) in [7, 11) is 3.68. The van der Waals surface area contributed by atoms with Crippen molar-refractivity contribution < 1.29 is 4.79 Å². The maximum absolute atomic E-state index is 10.8. The number of nitrogens with one attached hydrogen (secondary N) is 1. The van der Waals surface area contributed by atoms with Gasteiger partial charge in [0.25, 0.3) is 0 Å². The van der Waals surface area contributed by atoms with Crippen LogP contribution in [0.5, 0.6) is 0 Å². The second-order valence-electron chi connectivity index (χ2n) is 4.29. The van der Waals surface area contributed by atoms with Gasteiger partial charge in [0.2, 0.25) is 5.91 Å². The molecule has 1 amide bonds. The van der Waals surface area contributed by atoms with Gasteiger partial charge in [0.1, 0.15) is 5.82 Å². The Hall–Kier alpha value is -2.37. The highest BCUT2D eigenvalue weighted by Gasteiger charge is 2.09. The number of nitrogens with zero attached hydrogens (tertiary/aromatic N) is 3. The Morgan fingerprint density at radius 1 is 1.47 bits per heavy atom. The topological polar surface area (TPSA) is 85.8 Å². The number of aryl methyl sites for hydroxylation is 2. The Bertz CT molecular complexity index is 590. The van der Waals surface area contributed by atoms with E-state index >= 15 is 0 Å². The average molecular weight is 259 g/mol. The molecule has 6 nitrogen and oxygen atoms in total. The van der Waals surface area contributed by atoms with E-state index in [2.05, 4.69) is 15.4 Å². The van der Waals surface area contributed by atoms with E-state index in [9.17, 15) is 4.79 Å². The molecule has 0 saturated carbocycles. The zero-order valence-corrected chi connectivity index (χ0v) is 11.1. The highest BCUT2D eigenvalue weighted by Crippen LogP contribution is 2.21. The van der Waals surface area contributed by atoms with E-state index in [0.29, 0.717) is 12.8 Å². The monoisotopic (exact) mass is 259 g/mol. The minimum Gasteiger partial charge on any atom is -0.373 e. The third-order valence-corrected chi connectivity index (χ3v) is 2.92. The molecule has 0 bridgehead atoms. The van der Waals surface area contributed by atoms with Crippen molar-refractivity contribution in [3.63, 3.8) is 0 Å². The zero-order chi connectivity index (χ0) is 13.8. The lowest BCUT2D eigenvalue weighted by Gasteiger charge is -2.00. The van der Waals surface area contributed by atoms with Crippen LogP contribution in [0.1, 0.15) is 12.1 Å². The molecule has 0 atom stereocenters. The molecular formula is C13H17N5O. The van der Waals surface area contributed by atoms with Crippen molar-refractivity contribution in [3.8, 4) is 11.3 Å². The summed E-state index contributed by atoms with van der Waals surface area (Å²) in [6.07, 6.45) is 2.67. The van der Waals surface area contributed by atoms with E-state index in [4.69, 9.17) is 5.73 Å². The Morgan fingerprint density at radius 3 is 2.95 bits per heavy atom. The molecule has 19 heavy (non-hydrogen) atoms. The normalized spacial score (nSPS) is 10.4. The zero-order valence-electron chi connectivity index (χ0n) is 11.1. The number of primary amides is 1. The van der Waals surface area contributed by atoms with Gasteiger partial charge in [-0.3, -0.25) is 9.48 Å². The van der Waals surface area contributed by atoms with Crippen molar-refractivity contribution in [1.29, 1.82) is 0 Å². The largest absolute Gasteiger partial charge is 0.373 e. The number of carbonyl (C=O) groups excluding carboxylic acids is 1. The van der Waals surface area contributed by atoms with Crippen LogP contribution >= 0.6 is 0 Å². The molecule has 0 fully saturated rings. The molecule has 2 aromatic rings. The smallest absolute Gasteiger partial charge is 0.217 e. The second-order valence-corrected chi connectivity index (χ2v) is 4.29. The van der Waals surface area contributed by atoms with Crippen LogP contribution in [0.4, 0.5) is 5.82 Å². The first-order chi connectivity index (χ1) is 9.10. The maximum Gasteiger partial charge on any atom is 0.217 e. The van der Waals surface area contributed by atoms with Crippen molar-refractivity contribution in [2.75, 3.05) is 12.4 Å². The fourth-order valence-corrected chi connectivity index (χ4v) is 1.86. The van der Waals surface area contributed by atoms with E-state index in [1.54, 1.807) is 10.9 Å². The number of amides is 1. The number of pyridine rings is 1. The third kappa shape index (κ3) is 3.09. The quantitative estimate of drug-likeness (QED) is 0.836.